The molecule has 20 heavy (non-hydrogen) atoms. The van der Waals surface area contributed by atoms with Gasteiger partial charge in [-0.05, 0) is 38.5 Å². The van der Waals surface area contributed by atoms with Gasteiger partial charge in [0.05, 0.1) is 12.6 Å². The number of nitrogens with one attached hydrogen (secondary N) is 1. The highest BCUT2D eigenvalue weighted by atomic mass is 16.5. The molecule has 0 aromatic heterocycles. The highest BCUT2D eigenvalue weighted by Crippen LogP contribution is 2.23. The van der Waals surface area contributed by atoms with Crippen LogP contribution in [-0.2, 0) is 14.3 Å². The van der Waals surface area contributed by atoms with Crippen LogP contribution in [0.3, 0.4) is 0 Å². The Morgan fingerprint density at radius 1 is 1.30 bits per heavy atom. The zero-order valence-electron chi connectivity index (χ0n) is 12.6. The maximum Gasteiger partial charge on any atom is 0.248 e. The Hall–Kier alpha value is -1.10. The normalized spacial score (nSPS) is 26.5. The number of rotatable bonds is 5. The molecule has 2 aliphatic rings. The molecular formula is C15H26N2O3. The van der Waals surface area contributed by atoms with E-state index < -0.39 is 5.54 Å². The first-order valence-electron chi connectivity index (χ1n) is 7.83. The van der Waals surface area contributed by atoms with Gasteiger partial charge in [0, 0.05) is 13.2 Å². The summed E-state index contributed by atoms with van der Waals surface area (Å²) in [5, 5.41) is 2.89. The van der Waals surface area contributed by atoms with Gasteiger partial charge in [-0.15, -0.1) is 0 Å². The highest BCUT2D eigenvalue weighted by molar-refractivity contribution is 5.97. The fourth-order valence-electron chi connectivity index (χ4n) is 3.15. The van der Waals surface area contributed by atoms with Crippen molar-refractivity contribution >= 4 is 11.8 Å². The molecule has 1 atom stereocenters. The van der Waals surface area contributed by atoms with E-state index in [1.54, 1.807) is 4.90 Å². The summed E-state index contributed by atoms with van der Waals surface area (Å²) in [6.07, 6.45) is 5.78. The minimum Gasteiger partial charge on any atom is -0.378 e. The fraction of sp³-hybridized carbons (Fsp3) is 0.867. The van der Waals surface area contributed by atoms with Crippen molar-refractivity contribution in [2.24, 2.45) is 0 Å². The molecule has 114 valence electrons. The summed E-state index contributed by atoms with van der Waals surface area (Å²) in [6, 6.07) is 0. The lowest BCUT2D eigenvalue weighted by atomic mass is 9.88. The molecule has 2 aliphatic heterocycles. The van der Waals surface area contributed by atoms with Crippen molar-refractivity contribution in [2.75, 3.05) is 19.7 Å². The second kappa shape index (κ2) is 6.57. The maximum absolute atomic E-state index is 12.6. The standard InChI is InChI=1S/C15H26N2O3/c1-3-15(4-2)14(19)17(11-13(18)16-15)9-8-12-7-5-6-10-20-12/h12H,3-11H2,1-2H3,(H,16,18). The molecule has 0 saturated carbocycles. The Labute approximate surface area is 121 Å². The molecule has 5 nitrogen and oxygen atoms in total. The minimum absolute atomic E-state index is 0.0436. The van der Waals surface area contributed by atoms with E-state index in [2.05, 4.69) is 5.32 Å². The van der Waals surface area contributed by atoms with Crippen LogP contribution >= 0.6 is 0 Å². The fourth-order valence-corrected chi connectivity index (χ4v) is 3.15. The molecule has 0 bridgehead atoms. The molecule has 1 N–H and O–H groups in total. The van der Waals surface area contributed by atoms with Crippen LogP contribution in [0.1, 0.15) is 52.4 Å². The molecule has 2 saturated heterocycles. The summed E-state index contributed by atoms with van der Waals surface area (Å²) in [7, 11) is 0. The minimum atomic E-state index is -0.692. The lowest BCUT2D eigenvalue weighted by Crippen LogP contribution is -2.66. The molecule has 0 radical (unpaired) electrons. The zero-order chi connectivity index (χ0) is 14.6. The predicted octanol–water partition coefficient (Wildman–Crippen LogP) is 1.46. The molecule has 1 unspecified atom stereocenters. The Kier molecular flexibility index (Phi) is 5.02. The SMILES string of the molecule is CCC1(CC)NC(=O)CN(CCC2CCCCO2)C1=O. The number of ether oxygens (including phenoxy) is 1. The summed E-state index contributed by atoms with van der Waals surface area (Å²) in [6.45, 7) is 5.55. The van der Waals surface area contributed by atoms with Gasteiger partial charge in [-0.1, -0.05) is 13.8 Å². The van der Waals surface area contributed by atoms with Crippen LogP contribution < -0.4 is 5.32 Å². The zero-order valence-corrected chi connectivity index (χ0v) is 12.6. The number of carbonyl (C=O) groups is 2. The molecule has 2 heterocycles. The van der Waals surface area contributed by atoms with E-state index in [0.717, 1.165) is 25.9 Å². The van der Waals surface area contributed by atoms with Crippen LogP contribution in [0.4, 0.5) is 0 Å². The number of hydrogen-bond donors (Lipinski definition) is 1. The molecule has 0 aromatic rings. The molecule has 0 spiro atoms. The van der Waals surface area contributed by atoms with E-state index in [1.165, 1.54) is 6.42 Å². The van der Waals surface area contributed by atoms with Gasteiger partial charge in [0.2, 0.25) is 11.8 Å². The number of piperazine rings is 1. The van der Waals surface area contributed by atoms with Crippen LogP contribution in [0.5, 0.6) is 0 Å². The first kappa shape index (κ1) is 15.3. The molecule has 2 rings (SSSR count). The van der Waals surface area contributed by atoms with Crippen molar-refractivity contribution in [1.82, 2.24) is 10.2 Å². The van der Waals surface area contributed by atoms with Gasteiger partial charge >= 0.3 is 0 Å². The molecule has 5 heteroatoms. The van der Waals surface area contributed by atoms with Gasteiger partial charge in [0.1, 0.15) is 5.54 Å². The average molecular weight is 282 g/mol. The van der Waals surface area contributed by atoms with E-state index in [1.807, 2.05) is 13.8 Å². The van der Waals surface area contributed by atoms with E-state index in [-0.39, 0.29) is 24.5 Å². The third-order valence-corrected chi connectivity index (χ3v) is 4.61. The topological polar surface area (TPSA) is 58.6 Å². The van der Waals surface area contributed by atoms with Crippen molar-refractivity contribution in [3.05, 3.63) is 0 Å². The Balaban J connectivity index is 1.95. The van der Waals surface area contributed by atoms with E-state index in [9.17, 15) is 9.59 Å². The molecule has 2 fully saturated rings. The molecule has 0 aromatic carbocycles. The summed E-state index contributed by atoms with van der Waals surface area (Å²) >= 11 is 0. The highest BCUT2D eigenvalue weighted by Gasteiger charge is 2.43. The van der Waals surface area contributed by atoms with E-state index in [0.29, 0.717) is 19.4 Å². The van der Waals surface area contributed by atoms with Crippen LogP contribution in [0.15, 0.2) is 0 Å². The second-order valence-electron chi connectivity index (χ2n) is 5.84. The third-order valence-electron chi connectivity index (χ3n) is 4.61. The van der Waals surface area contributed by atoms with Gasteiger partial charge in [0.15, 0.2) is 0 Å². The van der Waals surface area contributed by atoms with Gasteiger partial charge in [0.25, 0.3) is 0 Å². The summed E-state index contributed by atoms with van der Waals surface area (Å²) in [4.78, 5) is 26.2. The smallest absolute Gasteiger partial charge is 0.248 e. The van der Waals surface area contributed by atoms with Gasteiger partial charge in [-0.2, -0.15) is 0 Å². The van der Waals surface area contributed by atoms with E-state index in [4.69, 9.17) is 4.74 Å². The molecule has 0 aliphatic carbocycles. The average Bonchev–Trinajstić information content (AvgIpc) is 2.49. The van der Waals surface area contributed by atoms with Crippen LogP contribution in [-0.4, -0.2) is 48.1 Å². The van der Waals surface area contributed by atoms with E-state index >= 15 is 0 Å². The Morgan fingerprint density at radius 3 is 2.65 bits per heavy atom. The first-order chi connectivity index (χ1) is 9.61. The van der Waals surface area contributed by atoms with Crippen molar-refractivity contribution in [2.45, 2.75) is 64.0 Å². The van der Waals surface area contributed by atoms with Crippen molar-refractivity contribution in [1.29, 1.82) is 0 Å². The van der Waals surface area contributed by atoms with Crippen LogP contribution in [0, 0.1) is 0 Å². The quantitative estimate of drug-likeness (QED) is 0.830. The van der Waals surface area contributed by atoms with Crippen LogP contribution in [0.2, 0.25) is 0 Å². The summed E-state index contributed by atoms with van der Waals surface area (Å²) < 4.78 is 5.70. The lowest BCUT2D eigenvalue weighted by Gasteiger charge is -2.41. The largest absolute Gasteiger partial charge is 0.378 e. The second-order valence-corrected chi connectivity index (χ2v) is 5.84. The van der Waals surface area contributed by atoms with Crippen molar-refractivity contribution < 1.29 is 14.3 Å². The van der Waals surface area contributed by atoms with Crippen LogP contribution in [0.25, 0.3) is 0 Å². The van der Waals surface area contributed by atoms with Crippen molar-refractivity contribution in [3.63, 3.8) is 0 Å². The monoisotopic (exact) mass is 282 g/mol. The number of hydrogen-bond acceptors (Lipinski definition) is 3. The summed E-state index contributed by atoms with van der Waals surface area (Å²) in [5.41, 5.74) is -0.692. The summed E-state index contributed by atoms with van der Waals surface area (Å²) in [5.74, 6) is 0.0239. The predicted molar refractivity (Wildman–Crippen MR) is 76.2 cm³/mol. The van der Waals surface area contributed by atoms with Gasteiger partial charge in [-0.3, -0.25) is 9.59 Å². The first-order valence-corrected chi connectivity index (χ1v) is 7.83. The number of amides is 2. The van der Waals surface area contributed by atoms with Crippen molar-refractivity contribution in [3.8, 4) is 0 Å². The third kappa shape index (κ3) is 3.14. The maximum atomic E-state index is 12.6. The Bertz CT molecular complexity index is 360. The molecule has 2 amide bonds. The number of carbonyl (C=O) groups excluding carboxylic acids is 2. The van der Waals surface area contributed by atoms with Gasteiger partial charge in [-0.25, -0.2) is 0 Å². The van der Waals surface area contributed by atoms with Gasteiger partial charge < -0.3 is 15.0 Å². The Morgan fingerprint density at radius 2 is 2.05 bits per heavy atom. The lowest BCUT2D eigenvalue weighted by molar-refractivity contribution is -0.150. The number of nitrogens with zero attached hydrogens (tertiary/aromatic N) is 1. The molecular weight excluding hydrogens is 256 g/mol.